The van der Waals surface area contributed by atoms with Crippen LogP contribution in [0.5, 0.6) is 0 Å². The maximum absolute atomic E-state index is 12.1. The summed E-state index contributed by atoms with van der Waals surface area (Å²) < 4.78 is 0. The summed E-state index contributed by atoms with van der Waals surface area (Å²) in [5.41, 5.74) is 0. The van der Waals surface area contributed by atoms with Gasteiger partial charge in [0.2, 0.25) is 0 Å². The summed E-state index contributed by atoms with van der Waals surface area (Å²) in [7, 11) is 0. The average molecular weight is 256 g/mol. The number of rotatable bonds is 8. The van der Waals surface area contributed by atoms with Gasteiger partial charge >= 0.3 is 12.0 Å². The molecule has 1 saturated carbocycles. The Labute approximate surface area is 109 Å². The van der Waals surface area contributed by atoms with Gasteiger partial charge in [-0.2, -0.15) is 0 Å². The molecule has 0 bridgehead atoms. The van der Waals surface area contributed by atoms with E-state index in [4.69, 9.17) is 5.11 Å². The molecule has 0 radical (unpaired) electrons. The number of carbonyl (C=O) groups excluding carboxylic acids is 1. The predicted octanol–water partition coefficient (Wildman–Crippen LogP) is 2.21. The van der Waals surface area contributed by atoms with Gasteiger partial charge in [0.1, 0.15) is 0 Å². The van der Waals surface area contributed by atoms with E-state index in [0.29, 0.717) is 12.5 Å². The van der Waals surface area contributed by atoms with Crippen LogP contribution in [0.1, 0.15) is 52.4 Å². The van der Waals surface area contributed by atoms with E-state index in [0.717, 1.165) is 32.2 Å². The second-order valence-electron chi connectivity index (χ2n) is 5.06. The maximum atomic E-state index is 12.1. The first kappa shape index (κ1) is 14.8. The second-order valence-corrected chi connectivity index (χ2v) is 5.06. The van der Waals surface area contributed by atoms with Gasteiger partial charge in [0.25, 0.3) is 0 Å². The van der Waals surface area contributed by atoms with Gasteiger partial charge in [0.05, 0.1) is 0 Å². The van der Waals surface area contributed by atoms with Crippen molar-refractivity contribution >= 4 is 12.0 Å². The number of hydrogen-bond acceptors (Lipinski definition) is 2. The topological polar surface area (TPSA) is 69.6 Å². The van der Waals surface area contributed by atoms with Crippen LogP contribution in [0.4, 0.5) is 4.79 Å². The Morgan fingerprint density at radius 2 is 2.11 bits per heavy atom. The number of carbonyl (C=O) groups is 2. The van der Waals surface area contributed by atoms with E-state index in [1.54, 1.807) is 0 Å². The largest absolute Gasteiger partial charge is 0.481 e. The van der Waals surface area contributed by atoms with Gasteiger partial charge in [-0.15, -0.1) is 0 Å². The Morgan fingerprint density at radius 1 is 1.44 bits per heavy atom. The van der Waals surface area contributed by atoms with Crippen molar-refractivity contribution in [2.24, 2.45) is 0 Å². The lowest BCUT2D eigenvalue weighted by molar-refractivity contribution is -0.137. The standard InChI is InChI=1S/C13H24N2O3/c1-3-4-9-15(11-6-7-11)13(18)14-10(2)5-8-12(16)17/h10-11H,3-9H2,1-2H3,(H,14,18)(H,16,17). The predicted molar refractivity (Wildman–Crippen MR) is 69.5 cm³/mol. The number of amides is 2. The minimum atomic E-state index is -0.818. The van der Waals surface area contributed by atoms with Crippen LogP contribution in [0.25, 0.3) is 0 Å². The summed E-state index contributed by atoms with van der Waals surface area (Å²) in [6, 6.07) is 0.281. The molecule has 1 aliphatic rings. The van der Waals surface area contributed by atoms with Gasteiger partial charge < -0.3 is 15.3 Å². The normalized spacial score (nSPS) is 16.1. The molecule has 18 heavy (non-hydrogen) atoms. The highest BCUT2D eigenvalue weighted by molar-refractivity contribution is 5.75. The quantitative estimate of drug-likeness (QED) is 0.699. The lowest BCUT2D eigenvalue weighted by atomic mass is 10.2. The van der Waals surface area contributed by atoms with Crippen LogP contribution in [0.15, 0.2) is 0 Å². The lowest BCUT2D eigenvalue weighted by Crippen LogP contribution is -2.45. The SMILES string of the molecule is CCCCN(C(=O)NC(C)CCC(=O)O)C1CC1. The van der Waals surface area contributed by atoms with Gasteiger partial charge in [-0.05, 0) is 32.6 Å². The van der Waals surface area contributed by atoms with Gasteiger partial charge in [0, 0.05) is 25.0 Å². The zero-order chi connectivity index (χ0) is 13.5. The summed E-state index contributed by atoms with van der Waals surface area (Å²) >= 11 is 0. The van der Waals surface area contributed by atoms with Crippen LogP contribution in [0, 0.1) is 0 Å². The van der Waals surface area contributed by atoms with Crippen molar-refractivity contribution in [1.29, 1.82) is 0 Å². The Kier molecular flexibility index (Phi) is 5.95. The highest BCUT2D eigenvalue weighted by atomic mass is 16.4. The minimum Gasteiger partial charge on any atom is -0.481 e. The lowest BCUT2D eigenvalue weighted by Gasteiger charge is -2.25. The molecule has 2 N–H and O–H groups in total. The van der Waals surface area contributed by atoms with Crippen LogP contribution >= 0.6 is 0 Å². The van der Waals surface area contributed by atoms with E-state index in [2.05, 4.69) is 12.2 Å². The number of carboxylic acids is 1. The Morgan fingerprint density at radius 3 is 2.61 bits per heavy atom. The van der Waals surface area contributed by atoms with Crippen LogP contribution < -0.4 is 5.32 Å². The molecule has 0 aromatic heterocycles. The molecule has 0 spiro atoms. The molecular formula is C13H24N2O3. The molecule has 5 heteroatoms. The van der Waals surface area contributed by atoms with E-state index < -0.39 is 5.97 Å². The molecule has 5 nitrogen and oxygen atoms in total. The summed E-state index contributed by atoms with van der Waals surface area (Å²) in [6.07, 6.45) is 4.87. The van der Waals surface area contributed by atoms with Crippen molar-refractivity contribution in [3.05, 3.63) is 0 Å². The van der Waals surface area contributed by atoms with Gasteiger partial charge in [-0.3, -0.25) is 4.79 Å². The van der Waals surface area contributed by atoms with Crippen LogP contribution in [-0.2, 0) is 4.79 Å². The Bertz CT molecular complexity index is 290. The van der Waals surface area contributed by atoms with Crippen molar-refractivity contribution in [2.75, 3.05) is 6.54 Å². The van der Waals surface area contributed by atoms with E-state index in [9.17, 15) is 9.59 Å². The van der Waals surface area contributed by atoms with Gasteiger partial charge in [-0.1, -0.05) is 13.3 Å². The molecule has 0 saturated heterocycles. The first-order valence-corrected chi connectivity index (χ1v) is 6.83. The third kappa shape index (κ3) is 5.38. The number of nitrogens with zero attached hydrogens (tertiary/aromatic N) is 1. The fraction of sp³-hybridized carbons (Fsp3) is 0.846. The van der Waals surface area contributed by atoms with Crippen LogP contribution in [0.3, 0.4) is 0 Å². The molecule has 1 aliphatic carbocycles. The molecular weight excluding hydrogens is 232 g/mol. The number of unbranched alkanes of at least 4 members (excludes halogenated alkanes) is 1. The second kappa shape index (κ2) is 7.24. The van der Waals surface area contributed by atoms with Crippen LogP contribution in [0.2, 0.25) is 0 Å². The third-order valence-corrected chi connectivity index (χ3v) is 3.16. The number of aliphatic carboxylic acids is 1. The first-order valence-electron chi connectivity index (χ1n) is 6.83. The maximum Gasteiger partial charge on any atom is 0.317 e. The van der Waals surface area contributed by atoms with Crippen molar-refractivity contribution in [3.8, 4) is 0 Å². The highest BCUT2D eigenvalue weighted by Crippen LogP contribution is 2.27. The molecule has 0 aromatic rings. The molecule has 2 amide bonds. The van der Waals surface area contributed by atoms with E-state index >= 15 is 0 Å². The fourth-order valence-corrected chi connectivity index (χ4v) is 1.87. The van der Waals surface area contributed by atoms with Gasteiger partial charge in [0.15, 0.2) is 0 Å². The zero-order valence-electron chi connectivity index (χ0n) is 11.3. The monoisotopic (exact) mass is 256 g/mol. The zero-order valence-corrected chi connectivity index (χ0v) is 11.3. The van der Waals surface area contributed by atoms with Gasteiger partial charge in [-0.25, -0.2) is 4.79 Å². The first-order chi connectivity index (χ1) is 8.54. The number of urea groups is 1. The van der Waals surface area contributed by atoms with E-state index in [-0.39, 0.29) is 18.5 Å². The van der Waals surface area contributed by atoms with E-state index in [1.807, 2.05) is 11.8 Å². The molecule has 104 valence electrons. The van der Waals surface area contributed by atoms with Crippen molar-refractivity contribution in [1.82, 2.24) is 10.2 Å². The Balaban J connectivity index is 2.33. The summed E-state index contributed by atoms with van der Waals surface area (Å²) in [5.74, 6) is -0.818. The summed E-state index contributed by atoms with van der Waals surface area (Å²) in [4.78, 5) is 24.4. The molecule has 1 rings (SSSR count). The minimum absolute atomic E-state index is 0.0381. The molecule has 0 aliphatic heterocycles. The van der Waals surface area contributed by atoms with Crippen molar-refractivity contribution in [3.63, 3.8) is 0 Å². The van der Waals surface area contributed by atoms with Crippen molar-refractivity contribution in [2.45, 2.75) is 64.5 Å². The van der Waals surface area contributed by atoms with Crippen LogP contribution in [-0.4, -0.2) is 40.6 Å². The molecule has 1 atom stereocenters. The number of hydrogen-bond donors (Lipinski definition) is 2. The Hall–Kier alpha value is -1.26. The smallest absolute Gasteiger partial charge is 0.317 e. The summed E-state index contributed by atoms with van der Waals surface area (Å²) in [6.45, 7) is 4.77. The van der Waals surface area contributed by atoms with E-state index in [1.165, 1.54) is 0 Å². The molecule has 0 aromatic carbocycles. The molecule has 1 fully saturated rings. The molecule has 0 heterocycles. The molecule has 1 unspecified atom stereocenters. The fourth-order valence-electron chi connectivity index (χ4n) is 1.87. The summed E-state index contributed by atoms with van der Waals surface area (Å²) in [5, 5.41) is 11.5. The third-order valence-electron chi connectivity index (χ3n) is 3.16. The average Bonchev–Trinajstić information content (AvgIpc) is 3.11. The number of carboxylic acid groups (broad SMARTS) is 1. The van der Waals surface area contributed by atoms with Crippen molar-refractivity contribution < 1.29 is 14.7 Å². The number of nitrogens with one attached hydrogen (secondary N) is 1. The highest BCUT2D eigenvalue weighted by Gasteiger charge is 2.32.